The Morgan fingerprint density at radius 2 is 2.08 bits per heavy atom. The summed E-state index contributed by atoms with van der Waals surface area (Å²) >= 11 is 0. The summed E-state index contributed by atoms with van der Waals surface area (Å²) in [5.74, 6) is 1.36. The number of anilines is 1. The number of carbonyl (C=O) groups is 2. The number of aryl methyl sites for hydroxylation is 1. The number of hydrogen-bond acceptors (Lipinski definition) is 4. The van der Waals surface area contributed by atoms with Gasteiger partial charge in [0.15, 0.2) is 0 Å². The van der Waals surface area contributed by atoms with Crippen molar-refractivity contribution in [1.82, 2.24) is 4.90 Å². The number of nitrogens with one attached hydrogen (secondary N) is 1. The zero-order chi connectivity index (χ0) is 17.6. The second kappa shape index (κ2) is 7.88. The first-order chi connectivity index (χ1) is 12.2. The number of hydrogen-bond donors (Lipinski definition) is 1. The Hall–Kier alpha value is -2.76. The maximum atomic E-state index is 12.6. The second-order valence-corrected chi connectivity index (χ2v) is 6.04. The average Bonchev–Trinajstić information content (AvgIpc) is 3.32. The van der Waals surface area contributed by atoms with E-state index in [9.17, 15) is 9.59 Å². The standard InChI is InChI=1S/C19H22N2O4/c1-24-15-8-6-14(7-9-15)20-19(23)17-5-2-12-21(17)18(22)11-10-16-4-3-13-25-16/h3-4,6-9,13,17H,2,5,10-12H2,1H3,(H,20,23). The van der Waals surface area contributed by atoms with Gasteiger partial charge in [0.1, 0.15) is 17.6 Å². The zero-order valence-electron chi connectivity index (χ0n) is 14.2. The molecule has 1 fully saturated rings. The van der Waals surface area contributed by atoms with Crippen molar-refractivity contribution in [3.8, 4) is 5.75 Å². The fourth-order valence-electron chi connectivity index (χ4n) is 3.07. The SMILES string of the molecule is COc1ccc(NC(=O)C2CCCN2C(=O)CCc2ccco2)cc1. The molecule has 6 heteroatoms. The predicted molar refractivity (Wildman–Crippen MR) is 93.4 cm³/mol. The van der Waals surface area contributed by atoms with Crippen LogP contribution in [0.4, 0.5) is 5.69 Å². The molecule has 25 heavy (non-hydrogen) atoms. The van der Waals surface area contributed by atoms with Crippen molar-refractivity contribution in [2.75, 3.05) is 19.0 Å². The molecule has 1 aliphatic rings. The van der Waals surface area contributed by atoms with Gasteiger partial charge in [-0.2, -0.15) is 0 Å². The van der Waals surface area contributed by atoms with Crippen LogP contribution in [0.3, 0.4) is 0 Å². The molecule has 0 saturated carbocycles. The topological polar surface area (TPSA) is 71.8 Å². The molecular formula is C19H22N2O4. The number of methoxy groups -OCH3 is 1. The Labute approximate surface area is 146 Å². The highest BCUT2D eigenvalue weighted by Crippen LogP contribution is 2.22. The first kappa shape index (κ1) is 17.1. The molecule has 132 valence electrons. The van der Waals surface area contributed by atoms with Gasteiger partial charge >= 0.3 is 0 Å². The Bertz CT molecular complexity index is 710. The summed E-state index contributed by atoms with van der Waals surface area (Å²) < 4.78 is 10.4. The highest BCUT2D eigenvalue weighted by atomic mass is 16.5. The van der Waals surface area contributed by atoms with Crippen LogP contribution in [0.2, 0.25) is 0 Å². The van der Waals surface area contributed by atoms with Gasteiger partial charge in [-0.3, -0.25) is 9.59 Å². The minimum atomic E-state index is -0.411. The van der Waals surface area contributed by atoms with Crippen LogP contribution in [0.15, 0.2) is 47.1 Å². The molecule has 6 nitrogen and oxygen atoms in total. The molecule has 2 aromatic rings. The first-order valence-corrected chi connectivity index (χ1v) is 8.44. The lowest BCUT2D eigenvalue weighted by Gasteiger charge is -2.24. The van der Waals surface area contributed by atoms with Gasteiger partial charge in [0.2, 0.25) is 11.8 Å². The number of rotatable bonds is 6. The van der Waals surface area contributed by atoms with Crippen LogP contribution >= 0.6 is 0 Å². The molecule has 0 bridgehead atoms. The highest BCUT2D eigenvalue weighted by Gasteiger charge is 2.33. The third kappa shape index (κ3) is 4.21. The van der Waals surface area contributed by atoms with E-state index in [1.165, 1.54) is 0 Å². The normalized spacial score (nSPS) is 16.7. The highest BCUT2D eigenvalue weighted by molar-refractivity contribution is 5.97. The van der Waals surface area contributed by atoms with Gasteiger partial charge in [-0.05, 0) is 49.2 Å². The molecule has 1 N–H and O–H groups in total. The van der Waals surface area contributed by atoms with Crippen molar-refractivity contribution >= 4 is 17.5 Å². The average molecular weight is 342 g/mol. The molecule has 1 aliphatic heterocycles. The van der Waals surface area contributed by atoms with E-state index in [2.05, 4.69) is 5.32 Å². The summed E-state index contributed by atoms with van der Waals surface area (Å²) in [6.07, 6.45) is 4.03. The Kier molecular flexibility index (Phi) is 5.38. The molecule has 1 unspecified atom stereocenters. The maximum absolute atomic E-state index is 12.6. The fourth-order valence-corrected chi connectivity index (χ4v) is 3.07. The molecule has 0 aliphatic carbocycles. The van der Waals surface area contributed by atoms with Crippen LogP contribution in [0, 0.1) is 0 Å². The summed E-state index contributed by atoms with van der Waals surface area (Å²) in [4.78, 5) is 26.7. The number of nitrogens with zero attached hydrogens (tertiary/aromatic N) is 1. The van der Waals surface area contributed by atoms with Crippen LogP contribution in [0.5, 0.6) is 5.75 Å². The Balaban J connectivity index is 1.57. The molecule has 2 amide bonds. The lowest BCUT2D eigenvalue weighted by molar-refractivity contribution is -0.136. The Morgan fingerprint density at radius 1 is 1.28 bits per heavy atom. The van der Waals surface area contributed by atoms with Gasteiger partial charge in [-0.1, -0.05) is 0 Å². The number of amides is 2. The van der Waals surface area contributed by atoms with E-state index in [0.29, 0.717) is 31.5 Å². The van der Waals surface area contributed by atoms with E-state index in [0.717, 1.165) is 17.9 Å². The van der Waals surface area contributed by atoms with Gasteiger partial charge in [-0.15, -0.1) is 0 Å². The summed E-state index contributed by atoms with van der Waals surface area (Å²) in [7, 11) is 1.60. The third-order valence-electron chi connectivity index (χ3n) is 4.40. The fraction of sp³-hybridized carbons (Fsp3) is 0.368. The van der Waals surface area contributed by atoms with Crippen molar-refractivity contribution in [3.05, 3.63) is 48.4 Å². The monoisotopic (exact) mass is 342 g/mol. The number of likely N-dealkylation sites (tertiary alicyclic amines) is 1. The number of furan rings is 1. The third-order valence-corrected chi connectivity index (χ3v) is 4.40. The van der Waals surface area contributed by atoms with Gasteiger partial charge in [0, 0.05) is 25.1 Å². The smallest absolute Gasteiger partial charge is 0.247 e. The molecule has 0 radical (unpaired) electrons. The Morgan fingerprint density at radius 3 is 2.76 bits per heavy atom. The first-order valence-electron chi connectivity index (χ1n) is 8.44. The van der Waals surface area contributed by atoms with Crippen LogP contribution < -0.4 is 10.1 Å². The van der Waals surface area contributed by atoms with Crippen molar-refractivity contribution < 1.29 is 18.7 Å². The number of carbonyl (C=O) groups excluding carboxylic acids is 2. The summed E-state index contributed by atoms with van der Waals surface area (Å²) in [5.41, 5.74) is 0.695. The van der Waals surface area contributed by atoms with E-state index in [1.807, 2.05) is 6.07 Å². The molecule has 1 saturated heterocycles. The minimum Gasteiger partial charge on any atom is -0.497 e. The van der Waals surface area contributed by atoms with E-state index in [-0.39, 0.29) is 11.8 Å². The zero-order valence-corrected chi connectivity index (χ0v) is 14.2. The summed E-state index contributed by atoms with van der Waals surface area (Å²) in [6, 6.07) is 10.4. The number of ether oxygens (including phenoxy) is 1. The van der Waals surface area contributed by atoms with Gasteiger partial charge < -0.3 is 19.4 Å². The second-order valence-electron chi connectivity index (χ2n) is 6.04. The summed E-state index contributed by atoms with van der Waals surface area (Å²) in [5, 5.41) is 2.88. The lowest BCUT2D eigenvalue weighted by atomic mass is 10.1. The maximum Gasteiger partial charge on any atom is 0.247 e. The van der Waals surface area contributed by atoms with Gasteiger partial charge in [0.25, 0.3) is 0 Å². The molecule has 1 atom stereocenters. The van der Waals surface area contributed by atoms with Crippen LogP contribution in [0.1, 0.15) is 25.0 Å². The van der Waals surface area contributed by atoms with Crippen molar-refractivity contribution in [3.63, 3.8) is 0 Å². The molecule has 2 heterocycles. The van der Waals surface area contributed by atoms with Gasteiger partial charge in [0.05, 0.1) is 13.4 Å². The predicted octanol–water partition coefficient (Wildman–Crippen LogP) is 2.85. The lowest BCUT2D eigenvalue weighted by Crippen LogP contribution is -2.43. The minimum absolute atomic E-state index is 0.0104. The van der Waals surface area contributed by atoms with Crippen molar-refractivity contribution in [1.29, 1.82) is 0 Å². The van der Waals surface area contributed by atoms with E-state index in [4.69, 9.17) is 9.15 Å². The summed E-state index contributed by atoms with van der Waals surface area (Å²) in [6.45, 7) is 0.623. The van der Waals surface area contributed by atoms with Crippen molar-refractivity contribution in [2.45, 2.75) is 31.7 Å². The van der Waals surface area contributed by atoms with Crippen LogP contribution in [-0.2, 0) is 16.0 Å². The van der Waals surface area contributed by atoms with Gasteiger partial charge in [-0.25, -0.2) is 0 Å². The van der Waals surface area contributed by atoms with E-state index >= 15 is 0 Å². The molecule has 3 rings (SSSR count). The van der Waals surface area contributed by atoms with E-state index in [1.54, 1.807) is 48.6 Å². The van der Waals surface area contributed by atoms with Crippen LogP contribution in [0.25, 0.3) is 0 Å². The molecule has 1 aromatic heterocycles. The van der Waals surface area contributed by atoms with Crippen molar-refractivity contribution in [2.24, 2.45) is 0 Å². The molecule has 1 aromatic carbocycles. The quantitative estimate of drug-likeness (QED) is 0.876. The van der Waals surface area contributed by atoms with E-state index < -0.39 is 6.04 Å². The molecule has 0 spiro atoms. The number of benzene rings is 1. The van der Waals surface area contributed by atoms with Crippen LogP contribution in [-0.4, -0.2) is 36.4 Å². The molecular weight excluding hydrogens is 320 g/mol. The largest absolute Gasteiger partial charge is 0.497 e.